The van der Waals surface area contributed by atoms with E-state index in [0.717, 1.165) is 0 Å². The summed E-state index contributed by atoms with van der Waals surface area (Å²) in [6.45, 7) is 3.43. The highest BCUT2D eigenvalue weighted by Gasteiger charge is 2.29. The van der Waals surface area contributed by atoms with Gasteiger partial charge in [0.05, 0.1) is 6.26 Å². The van der Waals surface area contributed by atoms with E-state index in [1.54, 1.807) is 37.3 Å². The van der Waals surface area contributed by atoms with Crippen molar-refractivity contribution in [3.05, 3.63) is 60.1 Å². The molecule has 9 nitrogen and oxygen atoms in total. The third-order valence-electron chi connectivity index (χ3n) is 3.59. The molecule has 1 aromatic heterocycles. The molecule has 0 bridgehead atoms. The number of carbonyl (C=O) groups is 4. The highest BCUT2D eigenvalue weighted by molar-refractivity contribution is 5.98. The van der Waals surface area contributed by atoms with E-state index < -0.39 is 36.0 Å². The molecule has 28 heavy (non-hydrogen) atoms. The summed E-state index contributed by atoms with van der Waals surface area (Å²) in [6.07, 6.45) is -0.0334. The van der Waals surface area contributed by atoms with E-state index >= 15 is 0 Å². The van der Waals surface area contributed by atoms with Crippen molar-refractivity contribution in [2.45, 2.75) is 26.0 Å². The molecule has 3 N–H and O–H groups in total. The molecular weight excluding hydrogens is 366 g/mol. The number of hydrogen-bond donors (Lipinski definition) is 3. The smallest absolute Gasteiger partial charge is 0.329 e. The highest BCUT2D eigenvalue weighted by Crippen LogP contribution is 2.18. The first-order valence-corrected chi connectivity index (χ1v) is 8.60. The van der Waals surface area contributed by atoms with Crippen LogP contribution in [0.5, 0.6) is 0 Å². The van der Waals surface area contributed by atoms with Crippen molar-refractivity contribution in [3.8, 4) is 0 Å². The number of urea groups is 1. The van der Waals surface area contributed by atoms with E-state index in [4.69, 9.17) is 9.15 Å². The Hall–Kier alpha value is -3.62. The number of carbonyl (C=O) groups excluding carboxylic acids is 4. The SMILES string of the molecule is CCNC(=O)NC(=O)[C@@H](OC(=O)[C@H](C)NC(=O)c1ccco1)c1ccccc1. The van der Waals surface area contributed by atoms with E-state index in [2.05, 4.69) is 16.0 Å². The molecule has 0 aliphatic rings. The lowest BCUT2D eigenvalue weighted by Crippen LogP contribution is -2.44. The summed E-state index contributed by atoms with van der Waals surface area (Å²) in [5.74, 6) is -2.22. The maximum Gasteiger partial charge on any atom is 0.329 e. The number of rotatable bonds is 7. The number of furan rings is 1. The maximum atomic E-state index is 12.4. The predicted octanol–water partition coefficient (Wildman–Crippen LogP) is 1.53. The molecule has 2 aromatic rings. The molecule has 0 fully saturated rings. The highest BCUT2D eigenvalue weighted by atomic mass is 16.5. The van der Waals surface area contributed by atoms with Gasteiger partial charge in [-0.05, 0) is 26.0 Å². The average Bonchev–Trinajstić information content (AvgIpc) is 3.21. The monoisotopic (exact) mass is 387 g/mol. The molecule has 1 aromatic carbocycles. The number of benzene rings is 1. The topological polar surface area (TPSA) is 127 Å². The van der Waals surface area contributed by atoms with E-state index in [9.17, 15) is 19.2 Å². The molecule has 0 saturated carbocycles. The van der Waals surface area contributed by atoms with Gasteiger partial charge in [0.15, 0.2) is 5.76 Å². The van der Waals surface area contributed by atoms with Crippen molar-refractivity contribution in [3.63, 3.8) is 0 Å². The molecule has 4 amide bonds. The summed E-state index contributed by atoms with van der Waals surface area (Å²) in [6, 6.07) is 9.45. The molecule has 0 aliphatic carbocycles. The number of nitrogens with one attached hydrogen (secondary N) is 3. The lowest BCUT2D eigenvalue weighted by molar-refractivity contribution is -0.157. The second kappa shape index (κ2) is 9.91. The van der Waals surface area contributed by atoms with Crippen LogP contribution < -0.4 is 16.0 Å². The zero-order chi connectivity index (χ0) is 20.5. The van der Waals surface area contributed by atoms with E-state index in [-0.39, 0.29) is 5.76 Å². The summed E-state index contributed by atoms with van der Waals surface area (Å²) in [5.41, 5.74) is 0.377. The van der Waals surface area contributed by atoms with Gasteiger partial charge in [-0.25, -0.2) is 9.59 Å². The van der Waals surface area contributed by atoms with Crippen LogP contribution in [0.25, 0.3) is 0 Å². The zero-order valence-corrected chi connectivity index (χ0v) is 15.4. The maximum absolute atomic E-state index is 12.4. The minimum Gasteiger partial charge on any atom is -0.459 e. The van der Waals surface area contributed by atoms with Crippen LogP contribution in [0, 0.1) is 0 Å². The number of esters is 1. The molecule has 2 atom stereocenters. The van der Waals surface area contributed by atoms with Gasteiger partial charge in [0, 0.05) is 12.1 Å². The van der Waals surface area contributed by atoms with E-state index in [0.29, 0.717) is 12.1 Å². The van der Waals surface area contributed by atoms with E-state index in [1.807, 2.05) is 0 Å². The van der Waals surface area contributed by atoms with Gasteiger partial charge < -0.3 is 19.8 Å². The summed E-state index contributed by atoms with van der Waals surface area (Å²) in [7, 11) is 0. The number of amides is 4. The van der Waals surface area contributed by atoms with Gasteiger partial charge in [0.1, 0.15) is 6.04 Å². The third kappa shape index (κ3) is 5.70. The van der Waals surface area contributed by atoms with Crippen molar-refractivity contribution in [1.29, 1.82) is 0 Å². The molecule has 9 heteroatoms. The quantitative estimate of drug-likeness (QED) is 0.619. The first-order valence-electron chi connectivity index (χ1n) is 8.60. The van der Waals surface area contributed by atoms with Crippen LogP contribution in [-0.4, -0.2) is 36.4 Å². The molecule has 0 unspecified atom stereocenters. The van der Waals surface area contributed by atoms with Crippen molar-refractivity contribution in [2.75, 3.05) is 6.54 Å². The summed E-state index contributed by atoms with van der Waals surface area (Å²) < 4.78 is 10.2. The molecule has 1 heterocycles. The molecule has 0 aliphatic heterocycles. The van der Waals surface area contributed by atoms with Crippen molar-refractivity contribution < 1.29 is 28.3 Å². The summed E-state index contributed by atoms with van der Waals surface area (Å²) in [5, 5.41) is 6.96. The van der Waals surface area contributed by atoms with Crippen LogP contribution in [0.4, 0.5) is 4.79 Å². The minimum absolute atomic E-state index is 0.0354. The molecule has 2 rings (SSSR count). The summed E-state index contributed by atoms with van der Waals surface area (Å²) in [4.78, 5) is 48.5. The Balaban J connectivity index is 2.08. The fraction of sp³-hybridized carbons (Fsp3) is 0.263. The standard InChI is InChI=1S/C19H21N3O6/c1-3-20-19(26)22-17(24)15(13-8-5-4-6-9-13)28-18(25)12(2)21-16(23)14-10-7-11-27-14/h4-12,15H,3H2,1-2H3,(H,21,23)(H2,20,22,24,26)/t12-,15-/m0/s1. The third-order valence-corrected chi connectivity index (χ3v) is 3.59. The van der Waals surface area contributed by atoms with Crippen molar-refractivity contribution in [1.82, 2.24) is 16.0 Å². The van der Waals surface area contributed by atoms with Gasteiger partial charge in [-0.1, -0.05) is 30.3 Å². The Morgan fingerprint density at radius 2 is 1.79 bits per heavy atom. The van der Waals surface area contributed by atoms with Gasteiger partial charge >= 0.3 is 12.0 Å². The lowest BCUT2D eigenvalue weighted by Gasteiger charge is -2.20. The Labute approximate surface area is 161 Å². The number of ether oxygens (including phenoxy) is 1. The molecular formula is C19H21N3O6. The van der Waals surface area contributed by atoms with Crippen LogP contribution in [0.3, 0.4) is 0 Å². The van der Waals surface area contributed by atoms with Gasteiger partial charge in [-0.3, -0.25) is 14.9 Å². The molecule has 148 valence electrons. The van der Waals surface area contributed by atoms with Crippen LogP contribution in [0.15, 0.2) is 53.1 Å². The first-order chi connectivity index (χ1) is 13.4. The average molecular weight is 387 g/mol. The van der Waals surface area contributed by atoms with E-state index in [1.165, 1.54) is 25.3 Å². The summed E-state index contributed by atoms with van der Waals surface area (Å²) >= 11 is 0. The Morgan fingerprint density at radius 1 is 1.07 bits per heavy atom. The first kappa shape index (κ1) is 20.7. The largest absolute Gasteiger partial charge is 0.459 e. The minimum atomic E-state index is -1.36. The lowest BCUT2D eigenvalue weighted by atomic mass is 10.1. The number of imide groups is 1. The fourth-order valence-corrected chi connectivity index (χ4v) is 2.24. The fourth-order valence-electron chi connectivity index (χ4n) is 2.24. The van der Waals surface area contributed by atoms with Crippen molar-refractivity contribution in [2.24, 2.45) is 0 Å². The van der Waals surface area contributed by atoms with Gasteiger partial charge in [0.25, 0.3) is 11.8 Å². The van der Waals surface area contributed by atoms with Crippen molar-refractivity contribution >= 4 is 23.8 Å². The molecule has 0 spiro atoms. The predicted molar refractivity (Wildman–Crippen MR) is 98.1 cm³/mol. The Kier molecular flexibility index (Phi) is 7.32. The molecule has 0 radical (unpaired) electrons. The Morgan fingerprint density at radius 3 is 2.39 bits per heavy atom. The molecule has 0 saturated heterocycles. The van der Waals surface area contributed by atoms with Gasteiger partial charge in [0.2, 0.25) is 6.10 Å². The zero-order valence-electron chi connectivity index (χ0n) is 15.4. The normalized spacial score (nSPS) is 12.4. The van der Waals surface area contributed by atoms with Gasteiger partial charge in [-0.15, -0.1) is 0 Å². The van der Waals surface area contributed by atoms with Gasteiger partial charge in [-0.2, -0.15) is 0 Å². The van der Waals surface area contributed by atoms with Crippen LogP contribution in [-0.2, 0) is 14.3 Å². The second-order valence-electron chi connectivity index (χ2n) is 5.75. The Bertz CT molecular complexity index is 819. The van der Waals surface area contributed by atoms with Crippen LogP contribution in [0.1, 0.15) is 36.1 Å². The second-order valence-corrected chi connectivity index (χ2v) is 5.75. The van der Waals surface area contributed by atoms with Crippen LogP contribution >= 0.6 is 0 Å². The van der Waals surface area contributed by atoms with Crippen LogP contribution in [0.2, 0.25) is 0 Å². The number of hydrogen-bond acceptors (Lipinski definition) is 6.